The van der Waals surface area contributed by atoms with Crippen molar-refractivity contribution in [2.45, 2.75) is 11.8 Å². The van der Waals surface area contributed by atoms with Crippen LogP contribution in [0.25, 0.3) is 0 Å². The zero-order valence-electron chi connectivity index (χ0n) is 10.4. The molecule has 0 aliphatic heterocycles. The molecule has 1 aromatic heterocycles. The number of benzene rings is 1. The number of nitrogens with two attached hydrogens (primary N) is 1. The van der Waals surface area contributed by atoms with E-state index in [4.69, 9.17) is 9.56 Å². The third-order valence-electron chi connectivity index (χ3n) is 2.62. The quantitative estimate of drug-likeness (QED) is 0.877. The SMILES string of the molecule is Cc1occc1C(=O)Nc1ccc(S(N)(=O)=O)cc1Br. The Morgan fingerprint density at radius 3 is 2.55 bits per heavy atom. The van der Waals surface area contributed by atoms with Crippen LogP contribution < -0.4 is 10.5 Å². The minimum atomic E-state index is -3.78. The number of halogens is 1. The van der Waals surface area contributed by atoms with Gasteiger partial charge in [0.2, 0.25) is 10.0 Å². The molecule has 0 saturated carbocycles. The van der Waals surface area contributed by atoms with Crippen LogP contribution in [0.15, 0.2) is 44.3 Å². The van der Waals surface area contributed by atoms with Crippen LogP contribution in [-0.2, 0) is 10.0 Å². The van der Waals surface area contributed by atoms with Crippen LogP contribution in [-0.4, -0.2) is 14.3 Å². The molecule has 1 heterocycles. The molecule has 0 spiro atoms. The van der Waals surface area contributed by atoms with Gasteiger partial charge in [0.1, 0.15) is 5.76 Å². The number of anilines is 1. The lowest BCUT2D eigenvalue weighted by atomic mass is 10.2. The number of carbonyl (C=O) groups excluding carboxylic acids is 1. The van der Waals surface area contributed by atoms with Gasteiger partial charge in [0.25, 0.3) is 5.91 Å². The summed E-state index contributed by atoms with van der Waals surface area (Å²) in [6.45, 7) is 1.67. The zero-order chi connectivity index (χ0) is 14.9. The molecule has 1 aromatic carbocycles. The first-order valence-electron chi connectivity index (χ1n) is 5.47. The van der Waals surface area contributed by atoms with Crippen molar-refractivity contribution < 1.29 is 17.6 Å². The molecule has 0 radical (unpaired) electrons. The molecule has 2 rings (SSSR count). The molecule has 3 N–H and O–H groups in total. The second-order valence-electron chi connectivity index (χ2n) is 4.03. The minimum Gasteiger partial charge on any atom is -0.469 e. The lowest BCUT2D eigenvalue weighted by Gasteiger charge is -2.08. The largest absolute Gasteiger partial charge is 0.469 e. The average molecular weight is 359 g/mol. The highest BCUT2D eigenvalue weighted by Crippen LogP contribution is 2.26. The van der Waals surface area contributed by atoms with E-state index in [1.807, 2.05) is 0 Å². The van der Waals surface area contributed by atoms with E-state index in [1.165, 1.54) is 24.5 Å². The Morgan fingerprint density at radius 1 is 1.35 bits per heavy atom. The van der Waals surface area contributed by atoms with E-state index >= 15 is 0 Å². The van der Waals surface area contributed by atoms with Crippen molar-refractivity contribution in [1.29, 1.82) is 0 Å². The van der Waals surface area contributed by atoms with Crippen molar-refractivity contribution in [2.24, 2.45) is 5.14 Å². The number of hydrogen-bond acceptors (Lipinski definition) is 4. The first-order valence-corrected chi connectivity index (χ1v) is 7.81. The Balaban J connectivity index is 2.27. The third kappa shape index (κ3) is 3.09. The average Bonchev–Trinajstić information content (AvgIpc) is 2.76. The lowest BCUT2D eigenvalue weighted by molar-refractivity contribution is 0.102. The highest BCUT2D eigenvalue weighted by molar-refractivity contribution is 9.10. The maximum atomic E-state index is 12.0. The number of aryl methyl sites for hydroxylation is 1. The number of rotatable bonds is 3. The lowest BCUT2D eigenvalue weighted by Crippen LogP contribution is -2.14. The standard InChI is InChI=1S/C12H11BrN2O4S/c1-7-9(4-5-19-7)12(16)15-11-3-2-8(6-10(11)13)20(14,17)18/h2-6H,1H3,(H,15,16)(H2,14,17,18). The van der Waals surface area contributed by atoms with Crippen LogP contribution >= 0.6 is 15.9 Å². The monoisotopic (exact) mass is 358 g/mol. The topological polar surface area (TPSA) is 102 Å². The first kappa shape index (κ1) is 14.8. The van der Waals surface area contributed by atoms with Crippen molar-refractivity contribution in [3.8, 4) is 0 Å². The predicted molar refractivity (Wildman–Crippen MR) is 76.9 cm³/mol. The molecule has 20 heavy (non-hydrogen) atoms. The van der Waals surface area contributed by atoms with Crippen LogP contribution in [0.1, 0.15) is 16.1 Å². The summed E-state index contributed by atoms with van der Waals surface area (Å²) in [5.41, 5.74) is 0.843. The Kier molecular flexibility index (Phi) is 3.98. The van der Waals surface area contributed by atoms with Crippen LogP contribution in [0.4, 0.5) is 5.69 Å². The van der Waals surface area contributed by atoms with Gasteiger partial charge in [0.05, 0.1) is 22.4 Å². The fourth-order valence-corrected chi connectivity index (χ4v) is 2.75. The summed E-state index contributed by atoms with van der Waals surface area (Å²) in [5, 5.41) is 7.68. The summed E-state index contributed by atoms with van der Waals surface area (Å²) in [7, 11) is -3.78. The normalized spacial score (nSPS) is 11.3. The first-order chi connectivity index (χ1) is 9.29. The molecular weight excluding hydrogens is 348 g/mol. The van der Waals surface area contributed by atoms with E-state index in [9.17, 15) is 13.2 Å². The van der Waals surface area contributed by atoms with Gasteiger partial charge in [-0.15, -0.1) is 0 Å². The van der Waals surface area contributed by atoms with Crippen LogP contribution in [0, 0.1) is 6.92 Å². The van der Waals surface area contributed by atoms with Gasteiger partial charge in [-0.1, -0.05) is 0 Å². The molecule has 1 amide bonds. The second-order valence-corrected chi connectivity index (χ2v) is 6.45. The van der Waals surface area contributed by atoms with Gasteiger partial charge in [-0.2, -0.15) is 0 Å². The van der Waals surface area contributed by atoms with Crippen molar-refractivity contribution in [1.82, 2.24) is 0 Å². The number of sulfonamides is 1. The fraction of sp³-hybridized carbons (Fsp3) is 0.0833. The highest BCUT2D eigenvalue weighted by atomic mass is 79.9. The molecule has 0 fully saturated rings. The Hall–Kier alpha value is -1.64. The molecule has 8 heteroatoms. The number of primary sulfonamides is 1. The van der Waals surface area contributed by atoms with Crippen LogP contribution in [0.5, 0.6) is 0 Å². The molecule has 106 valence electrons. The van der Waals surface area contributed by atoms with Gasteiger partial charge < -0.3 is 9.73 Å². The van der Waals surface area contributed by atoms with Crippen molar-refractivity contribution in [3.05, 3.63) is 46.3 Å². The maximum Gasteiger partial charge on any atom is 0.259 e. The van der Waals surface area contributed by atoms with Crippen molar-refractivity contribution >= 4 is 37.5 Å². The summed E-state index contributed by atoms with van der Waals surface area (Å²) in [6.07, 6.45) is 1.42. The van der Waals surface area contributed by atoms with Crippen molar-refractivity contribution in [3.63, 3.8) is 0 Å². The number of carbonyl (C=O) groups is 1. The fourth-order valence-electron chi connectivity index (χ4n) is 1.58. The van der Waals surface area contributed by atoms with Gasteiger partial charge in [0.15, 0.2) is 0 Å². The van der Waals surface area contributed by atoms with Crippen molar-refractivity contribution in [2.75, 3.05) is 5.32 Å². The van der Waals surface area contributed by atoms with E-state index in [-0.39, 0.29) is 10.8 Å². The van der Waals surface area contributed by atoms with E-state index < -0.39 is 10.0 Å². The van der Waals surface area contributed by atoms with Crippen LogP contribution in [0.3, 0.4) is 0 Å². The maximum absolute atomic E-state index is 12.0. The number of amides is 1. The van der Waals surface area contributed by atoms with Crippen LogP contribution in [0.2, 0.25) is 0 Å². The molecule has 0 atom stereocenters. The molecule has 0 saturated heterocycles. The summed E-state index contributed by atoms with van der Waals surface area (Å²) >= 11 is 3.19. The summed E-state index contributed by atoms with van der Waals surface area (Å²) in [4.78, 5) is 12.0. The third-order valence-corrected chi connectivity index (χ3v) is 4.19. The summed E-state index contributed by atoms with van der Waals surface area (Å²) in [5.74, 6) is 0.153. The van der Waals surface area contributed by atoms with Gasteiger partial charge in [-0.05, 0) is 47.1 Å². The number of nitrogens with one attached hydrogen (secondary N) is 1. The molecule has 6 nitrogen and oxygen atoms in total. The number of furan rings is 1. The second kappa shape index (κ2) is 5.39. The van der Waals surface area contributed by atoms with E-state index in [0.717, 1.165) is 0 Å². The minimum absolute atomic E-state index is 0.0399. The van der Waals surface area contributed by atoms with E-state index in [2.05, 4.69) is 21.2 Å². The zero-order valence-corrected chi connectivity index (χ0v) is 12.8. The molecule has 0 aliphatic rings. The molecule has 0 bridgehead atoms. The number of hydrogen-bond donors (Lipinski definition) is 2. The summed E-state index contributed by atoms with van der Waals surface area (Å²) in [6, 6.07) is 5.65. The molecular formula is C12H11BrN2O4S. The van der Waals surface area contributed by atoms with Gasteiger partial charge in [0, 0.05) is 4.47 Å². The summed E-state index contributed by atoms with van der Waals surface area (Å²) < 4.78 is 27.9. The van der Waals surface area contributed by atoms with Gasteiger partial charge >= 0.3 is 0 Å². The van der Waals surface area contributed by atoms with E-state index in [1.54, 1.807) is 13.0 Å². The van der Waals surface area contributed by atoms with E-state index in [0.29, 0.717) is 21.5 Å². The smallest absolute Gasteiger partial charge is 0.259 e. The Morgan fingerprint density at radius 2 is 2.05 bits per heavy atom. The van der Waals surface area contributed by atoms with Gasteiger partial charge in [-0.3, -0.25) is 4.79 Å². The molecule has 0 aliphatic carbocycles. The highest BCUT2D eigenvalue weighted by Gasteiger charge is 2.15. The Labute approximate surface area is 124 Å². The molecule has 2 aromatic rings. The Bertz CT molecular complexity index is 768. The molecule has 0 unspecified atom stereocenters. The van der Waals surface area contributed by atoms with Gasteiger partial charge in [-0.25, -0.2) is 13.6 Å². The predicted octanol–water partition coefficient (Wildman–Crippen LogP) is 2.25.